The molecule has 1 aromatic carbocycles. The molecule has 0 aromatic heterocycles. The molecule has 2 aliphatic carbocycles. The summed E-state index contributed by atoms with van der Waals surface area (Å²) in [5.41, 5.74) is -2.00. The van der Waals surface area contributed by atoms with E-state index in [4.69, 9.17) is 9.47 Å². The van der Waals surface area contributed by atoms with Crippen molar-refractivity contribution in [3.8, 4) is 0 Å². The average molecular weight is 372 g/mol. The summed E-state index contributed by atoms with van der Waals surface area (Å²) in [6, 6.07) is 6.13. The minimum Gasteiger partial charge on any atom is -0.456 e. The first-order chi connectivity index (χ1) is 13.1. The number of halogens is 1. The van der Waals surface area contributed by atoms with E-state index in [0.29, 0.717) is 31.2 Å². The zero-order valence-corrected chi connectivity index (χ0v) is 15.5. The number of benzene rings is 1. The molecule has 5 heteroatoms. The molecule has 27 heavy (non-hydrogen) atoms. The Bertz CT molecular complexity index is 772. The first-order valence-electron chi connectivity index (χ1n) is 10.3. The van der Waals surface area contributed by atoms with Gasteiger partial charge in [-0.2, -0.15) is 0 Å². The van der Waals surface area contributed by atoms with Crippen molar-refractivity contribution in [1.82, 2.24) is 0 Å². The standard InChI is InChI=1S/C22H25FO4/c23-16-9-7-15(8-10-16)22-17(20(18(24)27-22)11-3-1-4-12-20)26-19(25)21(22)13-5-2-6-14-21/h7-10,17H,1-6,11-14H2. The van der Waals surface area contributed by atoms with E-state index >= 15 is 0 Å². The lowest BCUT2D eigenvalue weighted by molar-refractivity contribution is -0.173. The van der Waals surface area contributed by atoms with Gasteiger partial charge in [-0.05, 0) is 37.8 Å². The number of ether oxygens (including phenoxy) is 2. The van der Waals surface area contributed by atoms with Gasteiger partial charge in [0, 0.05) is 5.56 Å². The van der Waals surface area contributed by atoms with Gasteiger partial charge in [-0.25, -0.2) is 4.39 Å². The fraction of sp³-hybridized carbons (Fsp3) is 0.636. The van der Waals surface area contributed by atoms with E-state index in [9.17, 15) is 14.0 Å². The second-order valence-corrected chi connectivity index (χ2v) is 8.78. The zero-order chi connectivity index (χ0) is 18.7. The summed E-state index contributed by atoms with van der Waals surface area (Å²) in [6.45, 7) is 0. The van der Waals surface area contributed by atoms with E-state index in [2.05, 4.69) is 0 Å². The van der Waals surface area contributed by atoms with Crippen molar-refractivity contribution in [2.45, 2.75) is 75.9 Å². The maximum Gasteiger partial charge on any atom is 0.317 e. The molecule has 2 atom stereocenters. The number of carbonyl (C=O) groups excluding carboxylic acids is 2. The fourth-order valence-electron chi connectivity index (χ4n) is 6.28. The summed E-state index contributed by atoms with van der Waals surface area (Å²) >= 11 is 0. The number of hydrogen-bond acceptors (Lipinski definition) is 4. The van der Waals surface area contributed by atoms with E-state index < -0.39 is 22.5 Å². The molecular weight excluding hydrogens is 347 g/mol. The molecule has 0 N–H and O–H groups in total. The fourth-order valence-corrected chi connectivity index (χ4v) is 6.28. The van der Waals surface area contributed by atoms with Crippen LogP contribution in [0, 0.1) is 16.6 Å². The van der Waals surface area contributed by atoms with E-state index in [0.717, 1.165) is 38.5 Å². The Morgan fingerprint density at radius 2 is 1.41 bits per heavy atom. The van der Waals surface area contributed by atoms with Gasteiger partial charge in [-0.3, -0.25) is 9.59 Å². The molecule has 0 radical (unpaired) electrons. The summed E-state index contributed by atoms with van der Waals surface area (Å²) in [5, 5.41) is 0. The molecule has 4 aliphatic rings. The highest BCUT2D eigenvalue weighted by Gasteiger charge is 2.80. The number of hydrogen-bond donors (Lipinski definition) is 0. The van der Waals surface area contributed by atoms with E-state index in [1.54, 1.807) is 12.1 Å². The van der Waals surface area contributed by atoms with Crippen LogP contribution in [0.2, 0.25) is 0 Å². The molecule has 0 bridgehead atoms. The minimum absolute atomic E-state index is 0.228. The van der Waals surface area contributed by atoms with Crippen molar-refractivity contribution in [3.05, 3.63) is 35.6 Å². The van der Waals surface area contributed by atoms with Gasteiger partial charge in [-0.1, -0.05) is 50.7 Å². The summed E-state index contributed by atoms with van der Waals surface area (Å²) < 4.78 is 25.9. The van der Waals surface area contributed by atoms with Crippen molar-refractivity contribution in [3.63, 3.8) is 0 Å². The van der Waals surface area contributed by atoms with Gasteiger partial charge in [0.1, 0.15) is 16.6 Å². The highest BCUT2D eigenvalue weighted by Crippen LogP contribution is 2.68. The first-order valence-corrected chi connectivity index (χ1v) is 10.3. The van der Waals surface area contributed by atoms with Crippen LogP contribution in [0.5, 0.6) is 0 Å². The van der Waals surface area contributed by atoms with Crippen molar-refractivity contribution >= 4 is 11.9 Å². The van der Waals surface area contributed by atoms with Crippen LogP contribution in [-0.4, -0.2) is 18.0 Å². The number of fused-ring (bicyclic) bond motifs is 3. The Morgan fingerprint density at radius 3 is 2.04 bits per heavy atom. The maximum absolute atomic E-state index is 13.6. The molecule has 2 saturated carbocycles. The normalized spacial score (nSPS) is 33.7. The number of carbonyl (C=O) groups is 2. The molecule has 2 saturated heterocycles. The quantitative estimate of drug-likeness (QED) is 0.686. The summed E-state index contributed by atoms with van der Waals surface area (Å²) in [5.74, 6) is -0.797. The molecule has 2 spiro atoms. The van der Waals surface area contributed by atoms with Gasteiger partial charge in [-0.15, -0.1) is 0 Å². The van der Waals surface area contributed by atoms with Gasteiger partial charge >= 0.3 is 11.9 Å². The molecule has 5 rings (SSSR count). The van der Waals surface area contributed by atoms with Crippen LogP contribution in [-0.2, 0) is 24.7 Å². The molecule has 2 heterocycles. The topological polar surface area (TPSA) is 52.6 Å². The van der Waals surface area contributed by atoms with Crippen LogP contribution in [0.1, 0.15) is 69.8 Å². The zero-order valence-electron chi connectivity index (χ0n) is 15.5. The SMILES string of the molecule is O=C1OC2(c3ccc(F)cc3)C(OC(=O)C23CCCCC3)C12CCCCC2. The predicted octanol–water partition coefficient (Wildman–Crippen LogP) is 4.40. The van der Waals surface area contributed by atoms with Crippen LogP contribution >= 0.6 is 0 Å². The largest absolute Gasteiger partial charge is 0.456 e. The van der Waals surface area contributed by atoms with E-state index in [1.807, 2.05) is 0 Å². The van der Waals surface area contributed by atoms with Gasteiger partial charge < -0.3 is 9.47 Å². The summed E-state index contributed by atoms with van der Waals surface area (Å²) in [6.07, 6.45) is 7.96. The molecule has 0 amide bonds. The van der Waals surface area contributed by atoms with E-state index in [-0.39, 0.29) is 17.8 Å². The third-order valence-electron chi connectivity index (χ3n) is 7.58. The molecule has 2 unspecified atom stereocenters. The molecule has 4 fully saturated rings. The van der Waals surface area contributed by atoms with Gasteiger partial charge in [0.05, 0.1) is 0 Å². The maximum atomic E-state index is 13.6. The average Bonchev–Trinajstić information content (AvgIpc) is 3.06. The lowest BCUT2D eigenvalue weighted by Gasteiger charge is -2.43. The third kappa shape index (κ3) is 2.03. The monoisotopic (exact) mass is 372 g/mol. The lowest BCUT2D eigenvalue weighted by atomic mass is 9.57. The Morgan fingerprint density at radius 1 is 0.815 bits per heavy atom. The molecule has 4 nitrogen and oxygen atoms in total. The van der Waals surface area contributed by atoms with E-state index in [1.165, 1.54) is 12.1 Å². The molecule has 144 valence electrons. The van der Waals surface area contributed by atoms with Crippen LogP contribution in [0.15, 0.2) is 24.3 Å². The highest BCUT2D eigenvalue weighted by atomic mass is 19.1. The second kappa shape index (κ2) is 5.79. The van der Waals surface area contributed by atoms with Gasteiger partial charge in [0.15, 0.2) is 11.7 Å². The highest BCUT2D eigenvalue weighted by molar-refractivity contribution is 5.90. The molecule has 2 aliphatic heterocycles. The summed E-state index contributed by atoms with van der Waals surface area (Å²) in [4.78, 5) is 26.5. The molecule has 1 aromatic rings. The predicted molar refractivity (Wildman–Crippen MR) is 95.1 cm³/mol. The van der Waals surface area contributed by atoms with Crippen LogP contribution < -0.4 is 0 Å². The lowest BCUT2D eigenvalue weighted by Crippen LogP contribution is -2.52. The van der Waals surface area contributed by atoms with Crippen LogP contribution in [0.4, 0.5) is 4.39 Å². The van der Waals surface area contributed by atoms with Crippen molar-refractivity contribution in [2.24, 2.45) is 10.8 Å². The Balaban J connectivity index is 1.72. The van der Waals surface area contributed by atoms with Crippen LogP contribution in [0.25, 0.3) is 0 Å². The van der Waals surface area contributed by atoms with Crippen molar-refractivity contribution < 1.29 is 23.5 Å². The Hall–Kier alpha value is -1.91. The third-order valence-corrected chi connectivity index (χ3v) is 7.58. The Labute approximate surface area is 158 Å². The van der Waals surface area contributed by atoms with Gasteiger partial charge in [0.25, 0.3) is 0 Å². The Kier molecular flexibility index (Phi) is 3.69. The van der Waals surface area contributed by atoms with Crippen molar-refractivity contribution in [1.29, 1.82) is 0 Å². The smallest absolute Gasteiger partial charge is 0.317 e. The van der Waals surface area contributed by atoms with Crippen LogP contribution in [0.3, 0.4) is 0 Å². The first kappa shape index (κ1) is 17.2. The minimum atomic E-state index is -1.12. The van der Waals surface area contributed by atoms with Crippen molar-refractivity contribution in [2.75, 3.05) is 0 Å². The number of rotatable bonds is 1. The second-order valence-electron chi connectivity index (χ2n) is 8.78. The molecular formula is C22H25FO4. The summed E-state index contributed by atoms with van der Waals surface area (Å²) in [7, 11) is 0. The van der Waals surface area contributed by atoms with Gasteiger partial charge in [0.2, 0.25) is 0 Å². The number of esters is 2.